The van der Waals surface area contributed by atoms with E-state index in [1.807, 2.05) is 24.3 Å². The fourth-order valence-electron chi connectivity index (χ4n) is 4.84. The predicted octanol–water partition coefficient (Wildman–Crippen LogP) is 1.48. The number of likely N-dealkylation sites (tertiary alicyclic amines) is 2. The first-order chi connectivity index (χ1) is 13.6. The van der Waals surface area contributed by atoms with Gasteiger partial charge in [0.15, 0.2) is 5.65 Å². The van der Waals surface area contributed by atoms with Crippen molar-refractivity contribution in [2.45, 2.75) is 37.8 Å². The van der Waals surface area contributed by atoms with E-state index in [2.05, 4.69) is 14.5 Å². The number of carbonyl (C=O) groups excluding carboxylic acids is 2. The molecule has 0 saturated carbocycles. The van der Waals surface area contributed by atoms with Crippen molar-refractivity contribution < 1.29 is 14.3 Å². The van der Waals surface area contributed by atoms with E-state index in [1.54, 1.807) is 11.1 Å². The number of aromatic nitrogens is 3. The van der Waals surface area contributed by atoms with Gasteiger partial charge in [-0.25, -0.2) is 9.97 Å². The first kappa shape index (κ1) is 17.6. The third-order valence-corrected chi connectivity index (χ3v) is 6.58. The predicted molar refractivity (Wildman–Crippen MR) is 102 cm³/mol. The molecule has 0 N–H and O–H groups in total. The highest BCUT2D eigenvalue weighted by atomic mass is 16.5. The summed E-state index contributed by atoms with van der Waals surface area (Å²) >= 11 is 0. The van der Waals surface area contributed by atoms with Crippen LogP contribution in [0.5, 0.6) is 0 Å². The zero-order valence-electron chi connectivity index (χ0n) is 16.1. The Labute approximate surface area is 163 Å². The molecule has 0 bridgehead atoms. The Balaban J connectivity index is 1.36. The molecule has 8 heteroatoms. The van der Waals surface area contributed by atoms with Gasteiger partial charge in [-0.15, -0.1) is 0 Å². The van der Waals surface area contributed by atoms with Crippen LogP contribution in [-0.2, 0) is 9.53 Å². The van der Waals surface area contributed by atoms with E-state index in [4.69, 9.17) is 4.74 Å². The summed E-state index contributed by atoms with van der Waals surface area (Å²) in [7, 11) is 1.84. The molecular formula is C20H25N5O3. The first-order valence-electron chi connectivity index (χ1n) is 10.1. The Morgan fingerprint density at radius 3 is 2.86 bits per heavy atom. The average molecular weight is 383 g/mol. The van der Waals surface area contributed by atoms with Crippen LogP contribution in [-0.4, -0.2) is 75.5 Å². The zero-order valence-corrected chi connectivity index (χ0v) is 16.1. The summed E-state index contributed by atoms with van der Waals surface area (Å²) in [4.78, 5) is 37.7. The molecule has 3 aliphatic heterocycles. The van der Waals surface area contributed by atoms with E-state index in [9.17, 15) is 9.59 Å². The molecule has 3 saturated heterocycles. The summed E-state index contributed by atoms with van der Waals surface area (Å²) in [6.45, 7) is 2.81. The number of rotatable bonds is 2. The van der Waals surface area contributed by atoms with E-state index < -0.39 is 0 Å². The van der Waals surface area contributed by atoms with Crippen molar-refractivity contribution in [3.8, 4) is 0 Å². The molecule has 2 aromatic heterocycles. The van der Waals surface area contributed by atoms with Gasteiger partial charge < -0.3 is 19.1 Å². The van der Waals surface area contributed by atoms with E-state index >= 15 is 0 Å². The molecule has 0 aliphatic carbocycles. The highest BCUT2D eigenvalue weighted by Crippen LogP contribution is 2.32. The van der Waals surface area contributed by atoms with Crippen LogP contribution in [0.25, 0.3) is 11.2 Å². The maximum atomic E-state index is 13.1. The summed E-state index contributed by atoms with van der Waals surface area (Å²) in [6, 6.07) is 2.33. The minimum Gasteiger partial charge on any atom is -0.381 e. The lowest BCUT2D eigenvalue weighted by Crippen LogP contribution is -2.49. The van der Waals surface area contributed by atoms with Crippen LogP contribution in [0.15, 0.2) is 18.6 Å². The van der Waals surface area contributed by atoms with Gasteiger partial charge in [0.1, 0.15) is 5.52 Å². The standard InChI is InChI=1S/C20H25N5O3/c1-23-17-11-24(5-2-13(17)9-18(23)26)20(27)14-8-16-19(21-10-14)25(12-22-16)15-3-6-28-7-4-15/h8,10,12-13,15,17H,2-7,9,11H2,1H3/t13-,17-/m1/s1. The average Bonchev–Trinajstić information content (AvgIpc) is 3.28. The maximum absolute atomic E-state index is 13.1. The maximum Gasteiger partial charge on any atom is 0.255 e. The molecule has 5 rings (SSSR count). The number of imidazole rings is 1. The smallest absolute Gasteiger partial charge is 0.255 e. The van der Waals surface area contributed by atoms with Gasteiger partial charge in [0.2, 0.25) is 5.91 Å². The lowest BCUT2D eigenvalue weighted by atomic mass is 9.92. The molecule has 0 spiro atoms. The molecule has 3 aliphatic rings. The Kier molecular flexibility index (Phi) is 4.30. The highest BCUT2D eigenvalue weighted by molar-refractivity contribution is 5.96. The second-order valence-electron chi connectivity index (χ2n) is 8.14. The Morgan fingerprint density at radius 2 is 2.04 bits per heavy atom. The normalized spacial score (nSPS) is 26.1. The Morgan fingerprint density at radius 1 is 1.21 bits per heavy atom. The van der Waals surface area contributed by atoms with Gasteiger partial charge in [0.05, 0.1) is 17.9 Å². The van der Waals surface area contributed by atoms with E-state index in [0.717, 1.165) is 43.6 Å². The van der Waals surface area contributed by atoms with Crippen LogP contribution < -0.4 is 0 Å². The van der Waals surface area contributed by atoms with Gasteiger partial charge in [-0.2, -0.15) is 0 Å². The minimum atomic E-state index is -0.0267. The zero-order chi connectivity index (χ0) is 19.3. The number of carbonyl (C=O) groups is 2. The summed E-state index contributed by atoms with van der Waals surface area (Å²) in [5.41, 5.74) is 2.14. The van der Waals surface area contributed by atoms with Crippen LogP contribution >= 0.6 is 0 Å². The van der Waals surface area contributed by atoms with Gasteiger partial charge in [0, 0.05) is 52.0 Å². The van der Waals surface area contributed by atoms with Crippen LogP contribution in [0.2, 0.25) is 0 Å². The number of hydrogen-bond donors (Lipinski definition) is 0. The third kappa shape index (κ3) is 2.87. The number of ether oxygens (including phenoxy) is 1. The fourth-order valence-corrected chi connectivity index (χ4v) is 4.84. The van der Waals surface area contributed by atoms with Crippen molar-refractivity contribution >= 4 is 23.0 Å². The van der Waals surface area contributed by atoms with Crippen LogP contribution in [0.4, 0.5) is 0 Å². The van der Waals surface area contributed by atoms with Crippen molar-refractivity contribution in [2.75, 3.05) is 33.4 Å². The SMILES string of the molecule is CN1C(=O)C[C@H]2CCN(C(=O)c3cnc4c(c3)ncn4C3CCOCC3)C[C@H]21. The second kappa shape index (κ2) is 6.84. The summed E-state index contributed by atoms with van der Waals surface area (Å²) in [6.07, 6.45) is 6.89. The minimum absolute atomic E-state index is 0.0267. The van der Waals surface area contributed by atoms with E-state index in [-0.39, 0.29) is 17.9 Å². The first-order valence-corrected chi connectivity index (χ1v) is 10.1. The van der Waals surface area contributed by atoms with Crippen molar-refractivity contribution in [3.05, 3.63) is 24.2 Å². The van der Waals surface area contributed by atoms with E-state index in [1.165, 1.54) is 0 Å². The molecule has 5 heterocycles. The van der Waals surface area contributed by atoms with Crippen molar-refractivity contribution in [1.29, 1.82) is 0 Å². The molecule has 2 amide bonds. The lowest BCUT2D eigenvalue weighted by molar-refractivity contribution is -0.127. The van der Waals surface area contributed by atoms with Crippen molar-refractivity contribution in [3.63, 3.8) is 0 Å². The molecule has 28 heavy (non-hydrogen) atoms. The largest absolute Gasteiger partial charge is 0.381 e. The van der Waals surface area contributed by atoms with Gasteiger partial charge in [0.25, 0.3) is 5.91 Å². The number of pyridine rings is 1. The number of likely N-dealkylation sites (N-methyl/N-ethyl adjacent to an activating group) is 1. The fraction of sp³-hybridized carbons (Fsp3) is 0.600. The number of hydrogen-bond acceptors (Lipinski definition) is 5. The van der Waals surface area contributed by atoms with Crippen LogP contribution in [0, 0.1) is 5.92 Å². The number of nitrogens with zero attached hydrogens (tertiary/aromatic N) is 5. The molecule has 148 valence electrons. The molecule has 2 aromatic rings. The van der Waals surface area contributed by atoms with Crippen LogP contribution in [0.3, 0.4) is 0 Å². The Bertz CT molecular complexity index is 920. The topological polar surface area (TPSA) is 80.6 Å². The quantitative estimate of drug-likeness (QED) is 0.785. The summed E-state index contributed by atoms with van der Waals surface area (Å²) in [5, 5.41) is 0. The van der Waals surface area contributed by atoms with Crippen LogP contribution in [0.1, 0.15) is 42.1 Å². The number of fused-ring (bicyclic) bond motifs is 2. The van der Waals surface area contributed by atoms with Gasteiger partial charge in [-0.1, -0.05) is 0 Å². The number of piperidine rings is 1. The molecule has 8 nitrogen and oxygen atoms in total. The molecule has 0 aromatic carbocycles. The van der Waals surface area contributed by atoms with Gasteiger partial charge in [-0.05, 0) is 31.2 Å². The summed E-state index contributed by atoms with van der Waals surface area (Å²) < 4.78 is 7.55. The molecule has 0 radical (unpaired) electrons. The number of amides is 2. The molecular weight excluding hydrogens is 358 g/mol. The van der Waals surface area contributed by atoms with Gasteiger partial charge in [-0.3, -0.25) is 9.59 Å². The van der Waals surface area contributed by atoms with Crippen molar-refractivity contribution in [2.24, 2.45) is 5.92 Å². The van der Waals surface area contributed by atoms with E-state index in [0.29, 0.717) is 37.0 Å². The third-order valence-electron chi connectivity index (χ3n) is 6.58. The van der Waals surface area contributed by atoms with Gasteiger partial charge >= 0.3 is 0 Å². The Hall–Kier alpha value is -2.48. The highest BCUT2D eigenvalue weighted by Gasteiger charge is 2.42. The molecule has 0 unspecified atom stereocenters. The monoisotopic (exact) mass is 383 g/mol. The summed E-state index contributed by atoms with van der Waals surface area (Å²) in [5.74, 6) is 0.532. The molecule has 2 atom stereocenters. The lowest BCUT2D eigenvalue weighted by Gasteiger charge is -2.37. The second-order valence-corrected chi connectivity index (χ2v) is 8.14. The van der Waals surface area contributed by atoms with Crippen molar-refractivity contribution in [1.82, 2.24) is 24.3 Å². The molecule has 3 fully saturated rings.